The van der Waals surface area contributed by atoms with Gasteiger partial charge in [0.05, 0.1) is 22.9 Å². The highest BCUT2D eigenvalue weighted by molar-refractivity contribution is 6.32. The molecule has 8 nitrogen and oxygen atoms in total. The van der Waals surface area contributed by atoms with Crippen LogP contribution in [0.4, 0.5) is 11.4 Å². The smallest absolute Gasteiger partial charge is 0.250 e. The Morgan fingerprint density at radius 2 is 1.63 bits per heavy atom. The number of amides is 4. The predicted octanol–water partition coefficient (Wildman–Crippen LogP) is 3.67. The number of imide groups is 1. The SMILES string of the molecule is Cc1cccc(C)c1N1C(=O)C(C(=O)Nc2ccc(Cl)cc2C(N)=O)C(c2ccccc2O)C1=O. The van der Waals surface area contributed by atoms with Crippen LogP contribution < -0.4 is 16.0 Å². The monoisotopic (exact) mass is 491 g/mol. The quantitative estimate of drug-likeness (QED) is 0.370. The van der Waals surface area contributed by atoms with Gasteiger partial charge in [-0.1, -0.05) is 48.0 Å². The Kier molecular flexibility index (Phi) is 6.32. The van der Waals surface area contributed by atoms with Crippen LogP contribution in [0, 0.1) is 19.8 Å². The third-order valence-corrected chi connectivity index (χ3v) is 6.26. The number of rotatable bonds is 5. The van der Waals surface area contributed by atoms with Crippen molar-refractivity contribution in [1.82, 2.24) is 0 Å². The first kappa shape index (κ1) is 24.0. The number of nitrogens with zero attached hydrogens (tertiary/aromatic N) is 1. The number of benzene rings is 3. The van der Waals surface area contributed by atoms with Gasteiger partial charge in [-0.25, -0.2) is 4.90 Å². The lowest BCUT2D eigenvalue weighted by Gasteiger charge is -2.20. The molecule has 0 spiro atoms. The van der Waals surface area contributed by atoms with E-state index in [1.54, 1.807) is 44.2 Å². The van der Waals surface area contributed by atoms with Crippen molar-refractivity contribution in [2.45, 2.75) is 19.8 Å². The fraction of sp³-hybridized carbons (Fsp3) is 0.154. The minimum Gasteiger partial charge on any atom is -0.508 e. The maximum atomic E-state index is 13.7. The number of primary amides is 1. The van der Waals surface area contributed by atoms with Crippen LogP contribution in [0.5, 0.6) is 5.75 Å². The molecule has 1 aliphatic heterocycles. The zero-order valence-electron chi connectivity index (χ0n) is 18.9. The lowest BCUT2D eigenvalue weighted by Crippen LogP contribution is -2.35. The first-order chi connectivity index (χ1) is 16.6. The van der Waals surface area contributed by atoms with Crippen LogP contribution in [0.1, 0.15) is 33.0 Å². The van der Waals surface area contributed by atoms with Crippen LogP contribution in [-0.2, 0) is 14.4 Å². The summed E-state index contributed by atoms with van der Waals surface area (Å²) in [5.74, 6) is -6.04. The molecule has 3 aromatic carbocycles. The number of nitrogens with one attached hydrogen (secondary N) is 1. The molecule has 0 aromatic heterocycles. The van der Waals surface area contributed by atoms with Gasteiger partial charge in [-0.15, -0.1) is 0 Å². The van der Waals surface area contributed by atoms with E-state index in [1.807, 2.05) is 0 Å². The molecule has 4 amide bonds. The molecule has 0 saturated carbocycles. The van der Waals surface area contributed by atoms with E-state index in [4.69, 9.17) is 17.3 Å². The Morgan fingerprint density at radius 3 is 2.26 bits per heavy atom. The van der Waals surface area contributed by atoms with Crippen molar-refractivity contribution in [2.75, 3.05) is 10.2 Å². The summed E-state index contributed by atoms with van der Waals surface area (Å²) < 4.78 is 0. The second-order valence-electron chi connectivity index (χ2n) is 8.31. The van der Waals surface area contributed by atoms with Crippen molar-refractivity contribution >= 4 is 46.6 Å². The van der Waals surface area contributed by atoms with Crippen molar-refractivity contribution in [3.05, 3.63) is 87.9 Å². The average molecular weight is 492 g/mol. The zero-order chi connectivity index (χ0) is 25.4. The molecule has 3 aromatic rings. The van der Waals surface area contributed by atoms with E-state index in [0.29, 0.717) is 16.8 Å². The fourth-order valence-corrected chi connectivity index (χ4v) is 4.59. The van der Waals surface area contributed by atoms with Gasteiger partial charge in [0.2, 0.25) is 17.7 Å². The van der Waals surface area contributed by atoms with Gasteiger partial charge >= 0.3 is 0 Å². The summed E-state index contributed by atoms with van der Waals surface area (Å²) in [5, 5.41) is 13.3. The van der Waals surface area contributed by atoms with Crippen molar-refractivity contribution < 1.29 is 24.3 Å². The number of phenolic OH excluding ortho intramolecular Hbond substituents is 1. The van der Waals surface area contributed by atoms with Gasteiger partial charge < -0.3 is 16.2 Å². The fourth-order valence-electron chi connectivity index (χ4n) is 4.42. The van der Waals surface area contributed by atoms with Gasteiger partial charge in [0.25, 0.3) is 5.91 Å². The molecule has 1 aliphatic rings. The summed E-state index contributed by atoms with van der Waals surface area (Å²) in [4.78, 5) is 53.7. The van der Waals surface area contributed by atoms with E-state index in [0.717, 1.165) is 4.90 Å². The van der Waals surface area contributed by atoms with E-state index >= 15 is 0 Å². The molecular weight excluding hydrogens is 470 g/mol. The zero-order valence-corrected chi connectivity index (χ0v) is 19.7. The van der Waals surface area contributed by atoms with Crippen molar-refractivity contribution in [2.24, 2.45) is 11.7 Å². The summed E-state index contributed by atoms with van der Waals surface area (Å²) in [6, 6.07) is 15.5. The molecule has 0 radical (unpaired) electrons. The Hall–Kier alpha value is -4.17. The van der Waals surface area contributed by atoms with E-state index in [-0.39, 0.29) is 27.6 Å². The Balaban J connectivity index is 1.83. The minimum atomic E-state index is -1.51. The summed E-state index contributed by atoms with van der Waals surface area (Å²) in [7, 11) is 0. The highest BCUT2D eigenvalue weighted by Gasteiger charge is 2.54. The van der Waals surface area contributed by atoms with Gasteiger partial charge in [0.1, 0.15) is 11.7 Å². The Labute approximate surface area is 206 Å². The van der Waals surface area contributed by atoms with Crippen molar-refractivity contribution in [1.29, 1.82) is 0 Å². The van der Waals surface area contributed by atoms with Gasteiger partial charge in [0.15, 0.2) is 0 Å². The first-order valence-corrected chi connectivity index (χ1v) is 11.1. The molecule has 2 unspecified atom stereocenters. The molecule has 2 atom stereocenters. The summed E-state index contributed by atoms with van der Waals surface area (Å²) >= 11 is 5.95. The van der Waals surface area contributed by atoms with Crippen molar-refractivity contribution in [3.8, 4) is 5.75 Å². The van der Waals surface area contributed by atoms with Crippen LogP contribution in [0.3, 0.4) is 0 Å². The van der Waals surface area contributed by atoms with Gasteiger partial charge in [-0.05, 0) is 49.2 Å². The van der Waals surface area contributed by atoms with Crippen LogP contribution in [-0.4, -0.2) is 28.7 Å². The molecule has 9 heteroatoms. The third kappa shape index (κ3) is 4.24. The second kappa shape index (κ2) is 9.23. The molecule has 1 saturated heterocycles. The third-order valence-electron chi connectivity index (χ3n) is 6.03. The maximum Gasteiger partial charge on any atom is 0.250 e. The van der Waals surface area contributed by atoms with Gasteiger partial charge in [-0.3, -0.25) is 19.2 Å². The number of carbonyl (C=O) groups is 4. The van der Waals surface area contributed by atoms with E-state index in [1.165, 1.54) is 30.3 Å². The standard InChI is InChI=1S/C26H22ClN3O5/c1-13-6-5-7-14(2)22(13)30-25(34)20(16-8-3-4-9-19(16)31)21(26(30)35)24(33)29-18-11-10-15(27)12-17(18)23(28)32/h3-12,20-21,31H,1-2H3,(H2,28,32)(H,29,33). The predicted molar refractivity (Wildman–Crippen MR) is 131 cm³/mol. The van der Waals surface area contributed by atoms with Crippen LogP contribution in [0.15, 0.2) is 60.7 Å². The molecule has 0 bridgehead atoms. The maximum absolute atomic E-state index is 13.7. The molecule has 178 valence electrons. The van der Waals surface area contributed by atoms with E-state index in [2.05, 4.69) is 5.32 Å². The topological polar surface area (TPSA) is 130 Å². The normalized spacial score (nSPS) is 17.5. The summed E-state index contributed by atoms with van der Waals surface area (Å²) in [6.07, 6.45) is 0. The molecule has 0 aliphatic carbocycles. The summed E-state index contributed by atoms with van der Waals surface area (Å²) in [5.41, 5.74) is 7.31. The number of hydrogen-bond acceptors (Lipinski definition) is 5. The number of anilines is 2. The van der Waals surface area contributed by atoms with Gasteiger partial charge in [0, 0.05) is 10.6 Å². The highest BCUT2D eigenvalue weighted by atomic mass is 35.5. The molecule has 1 fully saturated rings. The van der Waals surface area contributed by atoms with Crippen LogP contribution in [0.2, 0.25) is 5.02 Å². The van der Waals surface area contributed by atoms with Gasteiger partial charge in [-0.2, -0.15) is 0 Å². The molecular formula is C26H22ClN3O5. The number of para-hydroxylation sites is 2. The number of hydrogen-bond donors (Lipinski definition) is 3. The summed E-state index contributed by atoms with van der Waals surface area (Å²) in [6.45, 7) is 3.52. The Bertz CT molecular complexity index is 1370. The lowest BCUT2D eigenvalue weighted by molar-refractivity contribution is -0.129. The second-order valence-corrected chi connectivity index (χ2v) is 8.75. The molecule has 35 heavy (non-hydrogen) atoms. The molecule has 4 rings (SSSR count). The van der Waals surface area contributed by atoms with Crippen LogP contribution in [0.25, 0.3) is 0 Å². The Morgan fingerprint density at radius 1 is 0.971 bits per heavy atom. The highest BCUT2D eigenvalue weighted by Crippen LogP contribution is 2.43. The molecule has 4 N–H and O–H groups in total. The lowest BCUT2D eigenvalue weighted by atomic mass is 9.86. The number of halogens is 1. The average Bonchev–Trinajstić information content (AvgIpc) is 3.05. The molecule has 1 heterocycles. The largest absolute Gasteiger partial charge is 0.508 e. The number of aromatic hydroxyl groups is 1. The number of aryl methyl sites for hydroxylation is 2. The number of phenols is 1. The van der Waals surface area contributed by atoms with Crippen LogP contribution >= 0.6 is 11.6 Å². The number of carbonyl (C=O) groups excluding carboxylic acids is 4. The number of nitrogens with two attached hydrogens (primary N) is 1. The first-order valence-electron chi connectivity index (χ1n) is 10.7. The van der Waals surface area contributed by atoms with E-state index < -0.39 is 35.5 Å². The van der Waals surface area contributed by atoms with E-state index in [9.17, 15) is 24.3 Å². The van der Waals surface area contributed by atoms with Crippen molar-refractivity contribution in [3.63, 3.8) is 0 Å². The minimum absolute atomic E-state index is 0.0478.